The number of quaternary nitrogens is 1. The highest BCUT2D eigenvalue weighted by molar-refractivity contribution is 8.18. The molecular formula is C10H20N2O8S4. The van der Waals surface area contributed by atoms with Gasteiger partial charge in [-0.3, -0.25) is 0 Å². The van der Waals surface area contributed by atoms with Gasteiger partial charge >= 0.3 is 20.0 Å². The molecule has 0 saturated heterocycles. The minimum Gasteiger partial charge on any atom is -0.428 e. The maximum absolute atomic E-state index is 10.9. The molecule has 0 bridgehead atoms. The molecule has 24 heavy (non-hydrogen) atoms. The summed E-state index contributed by atoms with van der Waals surface area (Å²) in [6.45, 7) is 9.01. The van der Waals surface area contributed by atoms with Crippen molar-refractivity contribution in [3.63, 3.8) is 0 Å². The maximum atomic E-state index is 10.9. The van der Waals surface area contributed by atoms with Crippen LogP contribution in [0.25, 0.3) is 4.13 Å². The molecule has 0 aliphatic carbocycles. The van der Waals surface area contributed by atoms with Crippen LogP contribution in [0.3, 0.4) is 0 Å². The van der Waals surface area contributed by atoms with E-state index in [0.717, 1.165) is 0 Å². The third-order valence-corrected chi connectivity index (χ3v) is 11.4. The van der Waals surface area contributed by atoms with E-state index in [-0.39, 0.29) is 19.6 Å². The molecule has 2 N–H and O–H groups in total. The third kappa shape index (κ3) is 4.64. The Morgan fingerprint density at radius 2 is 0.833 bits per heavy atom. The van der Waals surface area contributed by atoms with E-state index in [9.17, 15) is 33.7 Å². The van der Waals surface area contributed by atoms with Crippen molar-refractivity contribution in [1.82, 2.24) is 0 Å². The lowest BCUT2D eigenvalue weighted by atomic mass is 10.6. The predicted octanol–water partition coefficient (Wildman–Crippen LogP) is -0.215. The van der Waals surface area contributed by atoms with Crippen LogP contribution in [0, 0.1) is 0 Å². The summed E-state index contributed by atoms with van der Waals surface area (Å²) in [6, 6.07) is 0. The molecule has 2 aliphatic heterocycles. The van der Waals surface area contributed by atoms with Crippen molar-refractivity contribution in [2.24, 2.45) is 0 Å². The average molecular weight is 425 g/mol. The number of allylic oxidation sites excluding steroid dienone is 4. The summed E-state index contributed by atoms with van der Waals surface area (Å²) < 4.78 is 89.8. The smallest absolute Gasteiger partial charge is 0.335 e. The maximum Gasteiger partial charge on any atom is 0.335 e. The fourth-order valence-corrected chi connectivity index (χ4v) is 8.59. The first-order chi connectivity index (χ1) is 10.5. The Balaban J connectivity index is 0.000000400. The lowest BCUT2D eigenvalue weighted by Crippen LogP contribution is -2.87. The molecule has 0 atom stereocenters. The van der Waals surface area contributed by atoms with Gasteiger partial charge in [-0.25, -0.2) is 16.8 Å². The highest BCUT2D eigenvalue weighted by atomic mass is 32.3. The van der Waals surface area contributed by atoms with Crippen LogP contribution in [0.5, 0.6) is 0 Å². The monoisotopic (exact) mass is 424 g/mol. The van der Waals surface area contributed by atoms with E-state index in [0.29, 0.717) is 4.13 Å². The second kappa shape index (κ2) is 7.21. The van der Waals surface area contributed by atoms with Crippen molar-refractivity contribution in [1.29, 1.82) is 0 Å². The van der Waals surface area contributed by atoms with Crippen LogP contribution >= 0.6 is 0 Å². The van der Waals surface area contributed by atoms with Gasteiger partial charge in [-0.15, -0.1) is 4.13 Å². The number of hydrogen-bond acceptors (Lipinski definition) is 8. The summed E-state index contributed by atoms with van der Waals surface area (Å²) >= 11 is 0. The Labute approximate surface area is 143 Å². The lowest BCUT2D eigenvalue weighted by molar-refractivity contribution is -0.306. The Hall–Kier alpha value is -0.800. The van der Waals surface area contributed by atoms with Gasteiger partial charge in [0, 0.05) is 9.81 Å². The predicted molar refractivity (Wildman–Crippen MR) is 89.1 cm³/mol. The molecule has 0 spiro atoms. The molecule has 2 rings (SSSR count). The standard InChI is InChI=1S/C4H7NO4S2.C4H6NO4S2.C2H6/c2*1-3-4(2)11(8,9)5-10(3,6)7;1-2/h5H,1-2H3;1-2H3;1-2H3/q;-1;/p+1. The normalized spacial score (nSPS) is 25.4. The zero-order valence-corrected chi connectivity index (χ0v) is 17.2. The topological polar surface area (TPSA) is 167 Å². The van der Waals surface area contributed by atoms with E-state index in [1.807, 2.05) is 13.8 Å². The van der Waals surface area contributed by atoms with Gasteiger partial charge in [0.1, 0.15) is 29.9 Å². The quantitative estimate of drug-likeness (QED) is 0.557. The van der Waals surface area contributed by atoms with Gasteiger partial charge < -0.3 is 4.13 Å². The molecule has 10 nitrogen and oxygen atoms in total. The van der Waals surface area contributed by atoms with Crippen LogP contribution in [0.15, 0.2) is 19.6 Å². The van der Waals surface area contributed by atoms with E-state index in [1.54, 1.807) is 0 Å². The van der Waals surface area contributed by atoms with Crippen LogP contribution in [0.4, 0.5) is 0 Å². The van der Waals surface area contributed by atoms with Crippen molar-refractivity contribution < 1.29 is 37.8 Å². The highest BCUT2D eigenvalue weighted by Crippen LogP contribution is 2.34. The third-order valence-electron chi connectivity index (χ3n) is 3.07. The molecule has 14 heteroatoms. The zero-order valence-electron chi connectivity index (χ0n) is 13.9. The molecule has 0 aromatic rings. The minimum absolute atomic E-state index is 0.0718. The number of nitrogens with two attached hydrogens (primary N) is 1. The summed E-state index contributed by atoms with van der Waals surface area (Å²) in [4.78, 5) is -0.509. The molecule has 0 amide bonds. The van der Waals surface area contributed by atoms with Crippen molar-refractivity contribution in [2.75, 3.05) is 0 Å². The highest BCUT2D eigenvalue weighted by Gasteiger charge is 2.39. The summed E-state index contributed by atoms with van der Waals surface area (Å²) in [7, 11) is -15.0. The first kappa shape index (κ1) is 23.2. The van der Waals surface area contributed by atoms with Gasteiger partial charge in [0.05, 0.1) is 0 Å². The van der Waals surface area contributed by atoms with Crippen LogP contribution in [-0.2, 0) is 40.1 Å². The van der Waals surface area contributed by atoms with Crippen LogP contribution in [0.2, 0.25) is 0 Å². The second-order valence-corrected chi connectivity index (χ2v) is 12.3. The largest absolute Gasteiger partial charge is 0.428 e. The molecule has 2 aliphatic rings. The van der Waals surface area contributed by atoms with E-state index >= 15 is 0 Å². The van der Waals surface area contributed by atoms with Crippen LogP contribution in [-0.4, -0.2) is 33.7 Å². The van der Waals surface area contributed by atoms with Crippen molar-refractivity contribution in [3.05, 3.63) is 23.7 Å². The zero-order chi connectivity index (χ0) is 19.7. The summed E-state index contributed by atoms with van der Waals surface area (Å²) in [5.41, 5.74) is 0. The molecule has 0 radical (unpaired) electrons. The number of hydrogen-bond donors (Lipinski definition) is 1. The Morgan fingerprint density at radius 3 is 0.917 bits per heavy atom. The van der Waals surface area contributed by atoms with Crippen molar-refractivity contribution in [2.45, 2.75) is 41.5 Å². The minimum atomic E-state index is -3.87. The Morgan fingerprint density at radius 1 is 0.583 bits per heavy atom. The van der Waals surface area contributed by atoms with E-state index in [2.05, 4.69) is 4.13 Å². The number of primary sulfonamides is 2. The molecule has 0 aromatic heterocycles. The molecule has 0 fully saturated rings. The Bertz CT molecular complexity index is 833. The summed E-state index contributed by atoms with van der Waals surface area (Å²) in [5.74, 6) is 0. The van der Waals surface area contributed by atoms with Gasteiger partial charge in [-0.05, 0) is 27.7 Å². The number of nitrogens with zero attached hydrogens (tertiary/aromatic N) is 1. The molecular weight excluding hydrogens is 404 g/mol. The van der Waals surface area contributed by atoms with Crippen LogP contribution < -0.4 is 4.13 Å². The fraction of sp³-hybridized carbons (Fsp3) is 0.600. The second-order valence-electron chi connectivity index (χ2n) is 4.44. The van der Waals surface area contributed by atoms with E-state index in [1.165, 1.54) is 27.7 Å². The summed E-state index contributed by atoms with van der Waals surface area (Å²) in [6.07, 6.45) is 0. The molecule has 2 heterocycles. The van der Waals surface area contributed by atoms with Crippen LogP contribution in [0.1, 0.15) is 41.5 Å². The first-order valence-electron chi connectivity index (χ1n) is 6.49. The SMILES string of the molecule is CC.CC1=C(C)S(=O)(=O)[N-]S1(=O)=O.CC1=C(C)S(=O)(=O)[NH2+]S1(=O)=O. The van der Waals surface area contributed by atoms with Crippen molar-refractivity contribution >= 4 is 40.1 Å². The number of sulfonamides is 4. The van der Waals surface area contributed by atoms with E-state index in [4.69, 9.17) is 0 Å². The fourth-order valence-electron chi connectivity index (χ4n) is 1.32. The van der Waals surface area contributed by atoms with Gasteiger partial charge in [0.15, 0.2) is 0 Å². The molecule has 0 aromatic carbocycles. The average Bonchev–Trinajstić information content (AvgIpc) is 2.66. The molecule has 0 unspecified atom stereocenters. The summed E-state index contributed by atoms with van der Waals surface area (Å²) in [5, 5.41) is 0. The Kier molecular flexibility index (Phi) is 6.97. The molecule has 0 saturated carbocycles. The molecule has 142 valence electrons. The van der Waals surface area contributed by atoms with Gasteiger partial charge in [0.25, 0.3) is 0 Å². The lowest BCUT2D eigenvalue weighted by Gasteiger charge is -2.08. The first-order valence-corrected chi connectivity index (χ1v) is 12.5. The van der Waals surface area contributed by atoms with Gasteiger partial charge in [-0.2, -0.15) is 16.8 Å². The van der Waals surface area contributed by atoms with Gasteiger partial charge in [0.2, 0.25) is 0 Å². The van der Waals surface area contributed by atoms with Crippen molar-refractivity contribution in [3.8, 4) is 0 Å². The number of rotatable bonds is 0. The van der Waals surface area contributed by atoms with Gasteiger partial charge in [-0.1, -0.05) is 13.8 Å². The van der Waals surface area contributed by atoms with E-state index < -0.39 is 40.1 Å².